The molecule has 152 valence electrons. The zero-order chi connectivity index (χ0) is 20.9. The van der Waals surface area contributed by atoms with Crippen LogP contribution >= 0.6 is 0 Å². The van der Waals surface area contributed by atoms with Crippen molar-refractivity contribution in [2.24, 2.45) is 0 Å². The van der Waals surface area contributed by atoms with Crippen LogP contribution in [0.25, 0.3) is 6.08 Å². The van der Waals surface area contributed by atoms with Crippen molar-refractivity contribution < 1.29 is 28.5 Å². The Morgan fingerprint density at radius 2 is 1.65 bits per heavy atom. The third kappa shape index (κ3) is 2.87. The number of esters is 1. The van der Waals surface area contributed by atoms with E-state index >= 15 is 0 Å². The molecule has 31 heavy (non-hydrogen) atoms. The molecule has 1 atom stereocenters. The molecule has 6 rings (SSSR count). The number of allylic oxidation sites excluding steroid dienone is 1. The molecule has 0 amide bonds. The van der Waals surface area contributed by atoms with Crippen LogP contribution in [0.2, 0.25) is 0 Å². The quantitative estimate of drug-likeness (QED) is 0.351. The molecule has 0 aromatic heterocycles. The number of rotatable bonds is 2. The van der Waals surface area contributed by atoms with E-state index in [1.54, 1.807) is 18.2 Å². The van der Waals surface area contributed by atoms with E-state index in [4.69, 9.17) is 18.9 Å². The predicted molar refractivity (Wildman–Crippen MR) is 110 cm³/mol. The van der Waals surface area contributed by atoms with Gasteiger partial charge >= 0.3 is 5.97 Å². The number of carbonyl (C=O) groups excluding carboxylic acids is 2. The molecule has 0 saturated heterocycles. The van der Waals surface area contributed by atoms with Crippen LogP contribution in [0.3, 0.4) is 0 Å². The zero-order valence-corrected chi connectivity index (χ0v) is 16.3. The van der Waals surface area contributed by atoms with Gasteiger partial charge < -0.3 is 18.9 Å². The minimum atomic E-state index is -0.334. The number of hydrogen-bond donors (Lipinski definition) is 0. The first-order valence-electron chi connectivity index (χ1n) is 9.94. The van der Waals surface area contributed by atoms with Gasteiger partial charge in [0.1, 0.15) is 11.5 Å². The average molecular weight is 412 g/mol. The van der Waals surface area contributed by atoms with Gasteiger partial charge in [0.2, 0.25) is 12.6 Å². The monoisotopic (exact) mass is 412 g/mol. The summed E-state index contributed by atoms with van der Waals surface area (Å²) in [6, 6.07) is 18.4. The molecule has 6 nitrogen and oxygen atoms in total. The molecule has 3 aliphatic heterocycles. The zero-order valence-electron chi connectivity index (χ0n) is 16.3. The molecule has 0 aliphatic carbocycles. The Morgan fingerprint density at radius 1 is 0.839 bits per heavy atom. The van der Waals surface area contributed by atoms with Crippen molar-refractivity contribution in [3.05, 3.63) is 88.7 Å². The lowest BCUT2D eigenvalue weighted by Crippen LogP contribution is -2.21. The smallest absolute Gasteiger partial charge is 0.312 e. The van der Waals surface area contributed by atoms with Gasteiger partial charge in [-0.05, 0) is 41.5 Å². The Hall–Kier alpha value is -4.06. The fraction of sp³-hybridized carbons (Fsp3) is 0.120. The molecule has 3 aromatic carbocycles. The summed E-state index contributed by atoms with van der Waals surface area (Å²) in [5.74, 6) is 1.54. The summed E-state index contributed by atoms with van der Waals surface area (Å²) in [7, 11) is 0. The van der Waals surface area contributed by atoms with Crippen LogP contribution in [0, 0.1) is 0 Å². The maximum atomic E-state index is 13.0. The minimum Gasteiger partial charge on any atom is -0.454 e. The van der Waals surface area contributed by atoms with Crippen molar-refractivity contribution in [3.63, 3.8) is 0 Å². The van der Waals surface area contributed by atoms with Crippen LogP contribution in [-0.2, 0) is 4.79 Å². The third-order valence-corrected chi connectivity index (χ3v) is 5.68. The first-order chi connectivity index (χ1) is 15.2. The van der Waals surface area contributed by atoms with E-state index < -0.39 is 0 Å². The Morgan fingerprint density at radius 3 is 2.52 bits per heavy atom. The molecule has 0 spiro atoms. The van der Waals surface area contributed by atoms with E-state index in [1.807, 2.05) is 48.5 Å². The van der Waals surface area contributed by atoms with E-state index in [0.717, 1.165) is 11.1 Å². The minimum absolute atomic E-state index is 0.137. The molecule has 0 bridgehead atoms. The highest BCUT2D eigenvalue weighted by Gasteiger charge is 2.38. The second-order valence-corrected chi connectivity index (χ2v) is 7.55. The molecule has 3 heterocycles. The number of ketones is 1. The largest absolute Gasteiger partial charge is 0.454 e. The van der Waals surface area contributed by atoms with Gasteiger partial charge in [-0.3, -0.25) is 9.59 Å². The highest BCUT2D eigenvalue weighted by molar-refractivity contribution is 6.15. The second kappa shape index (κ2) is 6.74. The van der Waals surface area contributed by atoms with Gasteiger partial charge in [-0.15, -0.1) is 0 Å². The molecule has 3 aromatic rings. The first kappa shape index (κ1) is 17.8. The molecule has 1 unspecified atom stereocenters. The summed E-state index contributed by atoms with van der Waals surface area (Å²) >= 11 is 0. The van der Waals surface area contributed by atoms with Crippen molar-refractivity contribution in [1.82, 2.24) is 0 Å². The predicted octanol–water partition coefficient (Wildman–Crippen LogP) is 4.47. The SMILES string of the molecule is O=C1CC(c2ccc3c(c2)OCO3)c2c(ccc3c2O/C(=C\c2ccccc2)C3=O)O1. The molecule has 0 fully saturated rings. The van der Waals surface area contributed by atoms with Gasteiger partial charge in [0, 0.05) is 11.5 Å². The topological polar surface area (TPSA) is 71.1 Å². The molecule has 6 heteroatoms. The van der Waals surface area contributed by atoms with Crippen molar-refractivity contribution in [2.45, 2.75) is 12.3 Å². The van der Waals surface area contributed by atoms with Crippen molar-refractivity contribution in [3.8, 4) is 23.0 Å². The van der Waals surface area contributed by atoms with Gasteiger partial charge in [0.25, 0.3) is 0 Å². The van der Waals surface area contributed by atoms with Crippen LogP contribution in [-0.4, -0.2) is 18.5 Å². The molecular formula is C25H16O6. The van der Waals surface area contributed by atoms with Crippen LogP contribution in [0.4, 0.5) is 0 Å². The lowest BCUT2D eigenvalue weighted by atomic mass is 9.84. The number of fused-ring (bicyclic) bond motifs is 4. The summed E-state index contributed by atoms with van der Waals surface area (Å²) in [5.41, 5.74) is 2.89. The van der Waals surface area contributed by atoms with Gasteiger partial charge in [0.15, 0.2) is 17.3 Å². The number of benzene rings is 3. The summed E-state index contributed by atoms with van der Waals surface area (Å²) in [6.07, 6.45) is 1.86. The summed E-state index contributed by atoms with van der Waals surface area (Å²) in [5, 5.41) is 0. The second-order valence-electron chi connectivity index (χ2n) is 7.55. The summed E-state index contributed by atoms with van der Waals surface area (Å²) < 4.78 is 22.5. The van der Waals surface area contributed by atoms with E-state index in [-0.39, 0.29) is 36.6 Å². The summed E-state index contributed by atoms with van der Waals surface area (Å²) in [6.45, 7) is 0.169. The van der Waals surface area contributed by atoms with E-state index in [9.17, 15) is 9.59 Å². The van der Waals surface area contributed by atoms with Crippen molar-refractivity contribution >= 4 is 17.8 Å². The standard InChI is InChI=1S/C25H16O6/c26-22-12-17(15-6-8-18-20(11-15)29-13-28-18)23-19(30-22)9-7-16-24(27)21(31-25(16)23)10-14-4-2-1-3-5-14/h1-11,17H,12-13H2/b21-10-. The fourth-order valence-electron chi connectivity index (χ4n) is 4.22. The molecular weight excluding hydrogens is 396 g/mol. The average Bonchev–Trinajstić information content (AvgIpc) is 3.38. The number of hydrogen-bond acceptors (Lipinski definition) is 6. The van der Waals surface area contributed by atoms with Gasteiger partial charge in [0.05, 0.1) is 12.0 Å². The molecule has 0 radical (unpaired) electrons. The van der Waals surface area contributed by atoms with Gasteiger partial charge in [-0.1, -0.05) is 36.4 Å². The lowest BCUT2D eigenvalue weighted by Gasteiger charge is -2.26. The first-order valence-corrected chi connectivity index (χ1v) is 9.94. The highest BCUT2D eigenvalue weighted by atomic mass is 16.7. The van der Waals surface area contributed by atoms with Crippen LogP contribution in [0.5, 0.6) is 23.0 Å². The van der Waals surface area contributed by atoms with Crippen LogP contribution < -0.4 is 18.9 Å². The third-order valence-electron chi connectivity index (χ3n) is 5.68. The number of ether oxygens (including phenoxy) is 4. The summed E-state index contributed by atoms with van der Waals surface area (Å²) in [4.78, 5) is 25.3. The number of Topliss-reactive ketones (excluding diaryl/α,β-unsaturated/α-hetero) is 1. The maximum Gasteiger partial charge on any atom is 0.312 e. The Balaban J connectivity index is 1.46. The fourth-order valence-corrected chi connectivity index (χ4v) is 4.22. The Kier molecular flexibility index (Phi) is 3.86. The lowest BCUT2D eigenvalue weighted by molar-refractivity contribution is -0.135. The molecule has 3 aliphatic rings. The van der Waals surface area contributed by atoms with Gasteiger partial charge in [-0.25, -0.2) is 0 Å². The van der Waals surface area contributed by atoms with E-state index in [2.05, 4.69) is 0 Å². The van der Waals surface area contributed by atoms with E-state index in [0.29, 0.717) is 34.1 Å². The number of carbonyl (C=O) groups is 2. The molecule has 0 N–H and O–H groups in total. The van der Waals surface area contributed by atoms with Crippen LogP contribution in [0.1, 0.15) is 39.4 Å². The highest BCUT2D eigenvalue weighted by Crippen LogP contribution is 2.50. The Bertz CT molecular complexity index is 1270. The normalized spacial score (nSPS) is 19.6. The Labute approximate surface area is 177 Å². The van der Waals surface area contributed by atoms with Crippen molar-refractivity contribution in [2.75, 3.05) is 6.79 Å². The van der Waals surface area contributed by atoms with Crippen molar-refractivity contribution in [1.29, 1.82) is 0 Å². The van der Waals surface area contributed by atoms with E-state index in [1.165, 1.54) is 0 Å². The van der Waals surface area contributed by atoms with Gasteiger partial charge in [-0.2, -0.15) is 0 Å². The maximum absolute atomic E-state index is 13.0. The van der Waals surface area contributed by atoms with Crippen LogP contribution in [0.15, 0.2) is 66.4 Å². The molecule has 0 saturated carbocycles.